The first-order chi connectivity index (χ1) is 9.52. The van der Waals surface area contributed by atoms with Crippen LogP contribution in [0.2, 0.25) is 0 Å². The molecule has 106 valence electrons. The van der Waals surface area contributed by atoms with Crippen LogP contribution >= 0.6 is 0 Å². The third kappa shape index (κ3) is 3.58. The van der Waals surface area contributed by atoms with E-state index in [-0.39, 0.29) is 30.5 Å². The van der Waals surface area contributed by atoms with E-state index < -0.39 is 15.8 Å². The lowest BCUT2D eigenvalue weighted by Gasteiger charge is -2.28. The lowest BCUT2D eigenvalue weighted by atomic mass is 9.99. The summed E-state index contributed by atoms with van der Waals surface area (Å²) < 4.78 is 22.7. The highest BCUT2D eigenvalue weighted by atomic mass is 32.2. The molecule has 0 N–H and O–H groups in total. The molecule has 1 unspecified atom stereocenters. The van der Waals surface area contributed by atoms with E-state index in [2.05, 4.69) is 0 Å². The number of benzene rings is 1. The molecule has 0 saturated carbocycles. The topological polar surface area (TPSA) is 78.2 Å². The lowest BCUT2D eigenvalue weighted by Crippen LogP contribution is -2.46. The second kappa shape index (κ2) is 6.06. The van der Waals surface area contributed by atoms with Gasteiger partial charge in [-0.25, -0.2) is 8.42 Å². The van der Waals surface area contributed by atoms with Crippen molar-refractivity contribution in [1.29, 1.82) is 5.26 Å². The second-order valence-corrected chi connectivity index (χ2v) is 7.15. The first-order valence-electron chi connectivity index (χ1n) is 6.44. The van der Waals surface area contributed by atoms with Gasteiger partial charge in [0, 0.05) is 13.1 Å². The maximum atomic E-state index is 12.3. The summed E-state index contributed by atoms with van der Waals surface area (Å²) in [6.45, 7) is 0.377. The number of sulfone groups is 1. The Kier molecular flexibility index (Phi) is 4.40. The highest BCUT2D eigenvalue weighted by Gasteiger charge is 2.29. The van der Waals surface area contributed by atoms with Gasteiger partial charge in [0.15, 0.2) is 9.84 Å². The molecule has 1 heterocycles. The molecular weight excluding hydrogens is 276 g/mol. The third-order valence-electron chi connectivity index (χ3n) is 3.39. The minimum Gasteiger partial charge on any atom is -0.340 e. The Hall–Kier alpha value is -1.87. The lowest BCUT2D eigenvalue weighted by molar-refractivity contribution is -0.133. The Bertz CT molecular complexity index is 606. The predicted octanol–water partition coefficient (Wildman–Crippen LogP) is 0.626. The van der Waals surface area contributed by atoms with E-state index in [0.717, 1.165) is 5.56 Å². The van der Waals surface area contributed by atoms with Crippen molar-refractivity contribution in [2.24, 2.45) is 5.92 Å². The molecule has 1 saturated heterocycles. The summed E-state index contributed by atoms with van der Waals surface area (Å²) in [5, 5.41) is 9.18. The van der Waals surface area contributed by atoms with E-state index in [1.807, 2.05) is 36.4 Å². The van der Waals surface area contributed by atoms with Crippen LogP contribution in [0, 0.1) is 17.2 Å². The van der Waals surface area contributed by atoms with E-state index >= 15 is 0 Å². The zero-order valence-electron chi connectivity index (χ0n) is 11.0. The van der Waals surface area contributed by atoms with Crippen LogP contribution in [0.1, 0.15) is 5.56 Å². The van der Waals surface area contributed by atoms with Crippen LogP contribution in [-0.4, -0.2) is 43.8 Å². The Morgan fingerprint density at radius 2 is 1.85 bits per heavy atom. The molecule has 5 nitrogen and oxygen atoms in total. The fraction of sp³-hybridized carbons (Fsp3) is 0.429. The maximum Gasteiger partial charge on any atom is 0.240 e. The van der Waals surface area contributed by atoms with Crippen molar-refractivity contribution in [3.05, 3.63) is 35.9 Å². The number of rotatable bonds is 3. The molecule has 1 aliphatic heterocycles. The van der Waals surface area contributed by atoms with Crippen LogP contribution in [0.4, 0.5) is 0 Å². The van der Waals surface area contributed by atoms with Crippen molar-refractivity contribution in [1.82, 2.24) is 4.90 Å². The first kappa shape index (κ1) is 14.5. The van der Waals surface area contributed by atoms with Crippen LogP contribution in [0.25, 0.3) is 0 Å². The van der Waals surface area contributed by atoms with E-state index in [1.54, 1.807) is 0 Å². The molecular formula is C14H16N2O3S. The molecule has 1 aromatic carbocycles. The van der Waals surface area contributed by atoms with Crippen LogP contribution in [0.15, 0.2) is 30.3 Å². The maximum absolute atomic E-state index is 12.3. The van der Waals surface area contributed by atoms with Crippen LogP contribution in [-0.2, 0) is 21.1 Å². The smallest absolute Gasteiger partial charge is 0.240 e. The summed E-state index contributed by atoms with van der Waals surface area (Å²) in [7, 11) is -3.02. The minimum absolute atomic E-state index is 0.0117. The Labute approximate surface area is 118 Å². The van der Waals surface area contributed by atoms with Gasteiger partial charge < -0.3 is 4.90 Å². The van der Waals surface area contributed by atoms with Crippen molar-refractivity contribution >= 4 is 15.7 Å². The van der Waals surface area contributed by atoms with Crippen LogP contribution in [0.3, 0.4) is 0 Å². The van der Waals surface area contributed by atoms with Crippen LogP contribution < -0.4 is 0 Å². The molecule has 0 aliphatic carbocycles. The normalized spacial score (nSPS) is 19.1. The molecule has 0 spiro atoms. The van der Waals surface area contributed by atoms with Crippen molar-refractivity contribution < 1.29 is 13.2 Å². The number of hydrogen-bond acceptors (Lipinski definition) is 4. The largest absolute Gasteiger partial charge is 0.340 e. The average molecular weight is 292 g/mol. The molecule has 1 atom stereocenters. The van der Waals surface area contributed by atoms with Gasteiger partial charge in [0.2, 0.25) is 5.91 Å². The summed E-state index contributed by atoms with van der Waals surface area (Å²) in [6.07, 6.45) is 0.361. The molecule has 1 fully saturated rings. The van der Waals surface area contributed by atoms with Gasteiger partial charge in [-0.1, -0.05) is 30.3 Å². The third-order valence-corrected chi connectivity index (χ3v) is 5.00. The van der Waals surface area contributed by atoms with Gasteiger partial charge in [-0.05, 0) is 12.0 Å². The van der Waals surface area contributed by atoms with E-state index in [4.69, 9.17) is 0 Å². The highest BCUT2D eigenvalue weighted by Crippen LogP contribution is 2.13. The summed E-state index contributed by atoms with van der Waals surface area (Å²) in [4.78, 5) is 13.7. The summed E-state index contributed by atoms with van der Waals surface area (Å²) in [6, 6.07) is 11.4. The first-order valence-corrected chi connectivity index (χ1v) is 8.27. The van der Waals surface area contributed by atoms with Gasteiger partial charge in [-0.3, -0.25) is 4.79 Å². The number of amides is 1. The van der Waals surface area contributed by atoms with Gasteiger partial charge in [-0.2, -0.15) is 5.26 Å². The predicted molar refractivity (Wildman–Crippen MR) is 74.5 cm³/mol. The monoisotopic (exact) mass is 292 g/mol. The molecule has 20 heavy (non-hydrogen) atoms. The van der Waals surface area contributed by atoms with Gasteiger partial charge >= 0.3 is 0 Å². The zero-order chi connectivity index (χ0) is 14.6. The highest BCUT2D eigenvalue weighted by molar-refractivity contribution is 7.91. The van der Waals surface area contributed by atoms with E-state index in [9.17, 15) is 18.5 Å². The van der Waals surface area contributed by atoms with Gasteiger partial charge in [0.25, 0.3) is 0 Å². The van der Waals surface area contributed by atoms with Gasteiger partial charge in [0.05, 0.1) is 17.6 Å². The molecule has 2 rings (SSSR count). The molecule has 0 bridgehead atoms. The summed E-state index contributed by atoms with van der Waals surface area (Å²) in [5.74, 6) is -1.05. The Balaban J connectivity index is 2.02. The molecule has 6 heteroatoms. The van der Waals surface area contributed by atoms with E-state index in [1.165, 1.54) is 4.90 Å². The van der Waals surface area contributed by atoms with E-state index in [0.29, 0.717) is 6.42 Å². The van der Waals surface area contributed by atoms with Crippen molar-refractivity contribution in [2.45, 2.75) is 6.42 Å². The number of nitrogens with zero attached hydrogens (tertiary/aromatic N) is 2. The van der Waals surface area contributed by atoms with Crippen molar-refractivity contribution in [2.75, 3.05) is 24.6 Å². The van der Waals surface area contributed by atoms with Crippen LogP contribution in [0.5, 0.6) is 0 Å². The fourth-order valence-corrected chi connectivity index (χ4v) is 3.39. The van der Waals surface area contributed by atoms with Gasteiger partial charge in [-0.15, -0.1) is 0 Å². The summed E-state index contributed by atoms with van der Waals surface area (Å²) in [5.41, 5.74) is 0.928. The number of carbonyl (C=O) groups excluding carboxylic acids is 1. The molecule has 1 aliphatic rings. The second-order valence-electron chi connectivity index (χ2n) is 4.85. The Morgan fingerprint density at radius 1 is 1.25 bits per heavy atom. The quantitative estimate of drug-likeness (QED) is 0.818. The summed E-state index contributed by atoms with van der Waals surface area (Å²) >= 11 is 0. The zero-order valence-corrected chi connectivity index (χ0v) is 11.8. The number of nitriles is 1. The number of hydrogen-bond donors (Lipinski definition) is 0. The van der Waals surface area contributed by atoms with Crippen molar-refractivity contribution in [3.8, 4) is 6.07 Å². The SMILES string of the molecule is N#CC(Cc1ccccc1)C(=O)N1CCS(=O)(=O)CC1. The average Bonchev–Trinajstić information content (AvgIpc) is 2.45. The molecule has 0 aromatic heterocycles. The van der Waals surface area contributed by atoms with Gasteiger partial charge in [0.1, 0.15) is 5.92 Å². The fourth-order valence-electron chi connectivity index (χ4n) is 2.19. The van der Waals surface area contributed by atoms with Crippen molar-refractivity contribution in [3.63, 3.8) is 0 Å². The molecule has 1 amide bonds. The molecule has 1 aromatic rings. The number of carbonyl (C=O) groups is 1. The Morgan fingerprint density at radius 3 is 2.40 bits per heavy atom. The standard InChI is InChI=1S/C14H16N2O3S/c15-11-13(10-12-4-2-1-3-5-12)14(17)16-6-8-20(18,19)9-7-16/h1-5,13H,6-10H2. The molecule has 0 radical (unpaired) electrons. The minimum atomic E-state index is -3.02.